The first kappa shape index (κ1) is 21.6. The Morgan fingerprint density at radius 1 is 1.18 bits per heavy atom. The van der Waals surface area contributed by atoms with E-state index < -0.39 is 0 Å². The average molecular weight is 451 g/mol. The van der Waals surface area contributed by atoms with Crippen LogP contribution in [0.1, 0.15) is 41.5 Å². The van der Waals surface area contributed by atoms with Crippen LogP contribution in [0.25, 0.3) is 11.3 Å². The van der Waals surface area contributed by atoms with Gasteiger partial charge in [0.2, 0.25) is 0 Å². The van der Waals surface area contributed by atoms with Crippen LogP contribution in [0, 0.1) is 11.7 Å². The molecular weight excluding hydrogens is 423 g/mol. The molecule has 172 valence electrons. The lowest BCUT2D eigenvalue weighted by Gasteiger charge is -2.30. The van der Waals surface area contributed by atoms with E-state index in [4.69, 9.17) is 9.47 Å². The predicted octanol–water partition coefficient (Wildman–Crippen LogP) is 3.99. The Hall–Kier alpha value is -3.19. The quantitative estimate of drug-likeness (QED) is 0.551. The second-order valence-electron chi connectivity index (χ2n) is 8.87. The van der Waals surface area contributed by atoms with E-state index in [0.29, 0.717) is 29.2 Å². The maximum Gasteiger partial charge on any atom is 0.308 e. The molecule has 0 bridgehead atoms. The predicted molar refractivity (Wildman–Crippen MR) is 123 cm³/mol. The minimum atomic E-state index is -0.383. The summed E-state index contributed by atoms with van der Waals surface area (Å²) in [7, 11) is 1.46. The molecule has 3 aliphatic rings. The Balaban J connectivity index is 1.24. The number of benzene rings is 2. The van der Waals surface area contributed by atoms with Crippen LogP contribution in [-0.2, 0) is 32.1 Å². The number of likely N-dealkylation sites (tertiary alicyclic amines) is 1. The number of piperidine rings is 1. The highest BCUT2D eigenvalue weighted by atomic mass is 19.1. The fourth-order valence-electron chi connectivity index (χ4n) is 5.01. The van der Waals surface area contributed by atoms with Gasteiger partial charge in [-0.1, -0.05) is 18.2 Å². The van der Waals surface area contributed by atoms with E-state index >= 15 is 0 Å². The van der Waals surface area contributed by atoms with E-state index in [1.54, 1.807) is 6.07 Å². The second-order valence-corrected chi connectivity index (χ2v) is 8.87. The summed E-state index contributed by atoms with van der Waals surface area (Å²) in [5.74, 6) is -0.179. The number of aryl methyl sites for hydroxylation is 1. The number of rotatable bonds is 5. The Kier molecular flexibility index (Phi) is 5.89. The van der Waals surface area contributed by atoms with Crippen LogP contribution in [0.3, 0.4) is 0 Å². The summed E-state index contributed by atoms with van der Waals surface area (Å²) in [5.41, 5.74) is 4.72. The Morgan fingerprint density at radius 3 is 2.79 bits per heavy atom. The van der Waals surface area contributed by atoms with Gasteiger partial charge in [-0.05, 0) is 69.1 Å². The first-order valence-electron chi connectivity index (χ1n) is 11.4. The molecule has 1 N–H and O–H groups in total. The Bertz CT molecular complexity index is 1140. The number of halogens is 1. The molecule has 0 spiro atoms. The summed E-state index contributed by atoms with van der Waals surface area (Å²) in [6, 6.07) is 10.5. The number of hydrogen-bond acceptors (Lipinski definition) is 5. The SMILES string of the molecule is COC(=O)C1CCN(CCCc2ccc3c(c2)COC3=C2C(=O)Nc3ccc(F)cc32)CC1. The highest BCUT2D eigenvalue weighted by Crippen LogP contribution is 2.42. The number of methoxy groups -OCH3 is 1. The average Bonchev–Trinajstić information content (AvgIpc) is 3.38. The van der Waals surface area contributed by atoms with Gasteiger partial charge in [0.1, 0.15) is 18.2 Å². The molecule has 1 saturated heterocycles. The van der Waals surface area contributed by atoms with E-state index in [1.165, 1.54) is 24.8 Å². The third-order valence-electron chi connectivity index (χ3n) is 6.80. The van der Waals surface area contributed by atoms with Gasteiger partial charge in [-0.3, -0.25) is 9.59 Å². The van der Waals surface area contributed by atoms with Gasteiger partial charge in [-0.15, -0.1) is 0 Å². The van der Waals surface area contributed by atoms with Crippen LogP contribution >= 0.6 is 0 Å². The van der Waals surface area contributed by atoms with Crippen LogP contribution in [0.5, 0.6) is 0 Å². The molecular formula is C26H27FN2O4. The zero-order valence-electron chi connectivity index (χ0n) is 18.7. The van der Waals surface area contributed by atoms with Crippen molar-refractivity contribution in [3.05, 3.63) is 64.5 Å². The zero-order chi connectivity index (χ0) is 22.9. The van der Waals surface area contributed by atoms with Crippen molar-refractivity contribution in [1.82, 2.24) is 4.90 Å². The molecule has 0 saturated carbocycles. The molecule has 0 atom stereocenters. The highest BCUT2D eigenvalue weighted by Gasteiger charge is 2.33. The Labute approximate surface area is 192 Å². The number of amides is 1. The maximum atomic E-state index is 13.8. The minimum absolute atomic E-state index is 0.0386. The van der Waals surface area contributed by atoms with Gasteiger partial charge in [0.05, 0.1) is 18.6 Å². The summed E-state index contributed by atoms with van der Waals surface area (Å²) in [6.07, 6.45) is 3.71. The molecule has 2 aromatic rings. The number of nitrogens with zero attached hydrogens (tertiary/aromatic N) is 1. The molecule has 1 amide bonds. The van der Waals surface area contributed by atoms with E-state index in [2.05, 4.69) is 22.3 Å². The Morgan fingerprint density at radius 2 is 2.00 bits per heavy atom. The highest BCUT2D eigenvalue weighted by molar-refractivity contribution is 6.36. The maximum absolute atomic E-state index is 13.8. The van der Waals surface area contributed by atoms with E-state index in [9.17, 15) is 14.0 Å². The third kappa shape index (κ3) is 4.25. The van der Waals surface area contributed by atoms with Crippen LogP contribution in [0.4, 0.5) is 10.1 Å². The lowest BCUT2D eigenvalue weighted by Crippen LogP contribution is -2.37. The molecule has 2 aromatic carbocycles. The van der Waals surface area contributed by atoms with E-state index in [0.717, 1.165) is 56.4 Å². The van der Waals surface area contributed by atoms with Crippen molar-refractivity contribution in [2.45, 2.75) is 32.3 Å². The minimum Gasteiger partial charge on any atom is -0.487 e. The van der Waals surface area contributed by atoms with Crippen molar-refractivity contribution >= 4 is 28.9 Å². The monoisotopic (exact) mass is 450 g/mol. The summed E-state index contributed by atoms with van der Waals surface area (Å²) in [6.45, 7) is 3.26. The number of hydrogen-bond donors (Lipinski definition) is 1. The summed E-state index contributed by atoms with van der Waals surface area (Å²) in [5, 5.41) is 2.79. The standard InChI is InChI=1S/C26H27FN2O4/c1-32-26(31)17-8-11-29(12-9-17)10-2-3-16-4-6-20-18(13-16)15-33-24(20)23-21-14-19(27)5-7-22(21)28-25(23)30/h4-7,13-14,17H,2-3,8-12,15H2,1H3,(H,28,30). The molecule has 0 unspecified atom stereocenters. The first-order chi connectivity index (χ1) is 16.0. The molecule has 3 aliphatic heterocycles. The summed E-state index contributed by atoms with van der Waals surface area (Å²) < 4.78 is 24.6. The van der Waals surface area contributed by atoms with Gasteiger partial charge in [-0.2, -0.15) is 0 Å². The number of carbonyl (C=O) groups excluding carboxylic acids is 2. The van der Waals surface area contributed by atoms with Crippen molar-refractivity contribution in [3.63, 3.8) is 0 Å². The van der Waals surface area contributed by atoms with Gasteiger partial charge < -0.3 is 19.7 Å². The first-order valence-corrected chi connectivity index (χ1v) is 11.4. The number of anilines is 1. The lowest BCUT2D eigenvalue weighted by atomic mass is 9.96. The summed E-state index contributed by atoms with van der Waals surface area (Å²) >= 11 is 0. The molecule has 0 radical (unpaired) electrons. The van der Waals surface area contributed by atoms with Gasteiger partial charge in [0.15, 0.2) is 0 Å². The van der Waals surface area contributed by atoms with Gasteiger partial charge in [0.25, 0.3) is 5.91 Å². The van der Waals surface area contributed by atoms with E-state index in [-0.39, 0.29) is 23.6 Å². The molecule has 33 heavy (non-hydrogen) atoms. The molecule has 3 heterocycles. The molecule has 1 fully saturated rings. The van der Waals surface area contributed by atoms with E-state index in [1.807, 2.05) is 6.07 Å². The van der Waals surface area contributed by atoms with Crippen molar-refractivity contribution in [2.24, 2.45) is 5.92 Å². The molecule has 7 heteroatoms. The van der Waals surface area contributed by atoms with Crippen molar-refractivity contribution < 1.29 is 23.5 Å². The fraction of sp³-hybridized carbons (Fsp3) is 0.385. The van der Waals surface area contributed by atoms with Crippen molar-refractivity contribution in [2.75, 3.05) is 32.1 Å². The normalized spacial score (nSPS) is 20.2. The number of ether oxygens (including phenoxy) is 2. The zero-order valence-corrected chi connectivity index (χ0v) is 18.7. The van der Waals surface area contributed by atoms with Crippen LogP contribution in [0.15, 0.2) is 36.4 Å². The van der Waals surface area contributed by atoms with Crippen molar-refractivity contribution in [3.8, 4) is 0 Å². The number of nitrogens with one attached hydrogen (secondary N) is 1. The summed E-state index contributed by atoms with van der Waals surface area (Å²) in [4.78, 5) is 26.7. The van der Waals surface area contributed by atoms with Crippen molar-refractivity contribution in [1.29, 1.82) is 0 Å². The van der Waals surface area contributed by atoms with Gasteiger partial charge in [0, 0.05) is 22.4 Å². The van der Waals surface area contributed by atoms with Gasteiger partial charge >= 0.3 is 5.97 Å². The third-order valence-corrected chi connectivity index (χ3v) is 6.80. The number of esters is 1. The second kappa shape index (κ2) is 8.98. The number of carbonyl (C=O) groups is 2. The van der Waals surface area contributed by atoms with Crippen LogP contribution in [0.2, 0.25) is 0 Å². The fourth-order valence-corrected chi connectivity index (χ4v) is 5.01. The topological polar surface area (TPSA) is 67.9 Å². The molecule has 0 aromatic heterocycles. The number of fused-ring (bicyclic) bond motifs is 2. The van der Waals surface area contributed by atoms with Gasteiger partial charge in [-0.25, -0.2) is 4.39 Å². The van der Waals surface area contributed by atoms with Crippen LogP contribution < -0.4 is 5.32 Å². The molecule has 5 rings (SSSR count). The molecule has 6 nitrogen and oxygen atoms in total. The smallest absolute Gasteiger partial charge is 0.308 e. The lowest BCUT2D eigenvalue weighted by molar-refractivity contribution is -0.147. The largest absolute Gasteiger partial charge is 0.487 e. The molecule has 0 aliphatic carbocycles. The van der Waals surface area contributed by atoms with Crippen LogP contribution in [-0.4, -0.2) is 43.5 Å².